The highest BCUT2D eigenvalue weighted by atomic mass is 16.1. The lowest BCUT2D eigenvalue weighted by atomic mass is 9.98. The van der Waals surface area contributed by atoms with Crippen LogP contribution in [0.1, 0.15) is 32.0 Å². The fraction of sp³-hybridized carbons (Fsp3) is 0.455. The molecule has 0 saturated heterocycles. The Morgan fingerprint density at radius 3 is 3.00 bits per heavy atom. The molecule has 1 aliphatic carbocycles. The van der Waals surface area contributed by atoms with Gasteiger partial charge in [-0.3, -0.25) is 4.79 Å². The third-order valence-corrected chi connectivity index (χ3v) is 2.59. The molecular formula is C11H14N2O. The minimum Gasteiger partial charge on any atom is -0.332 e. The van der Waals surface area contributed by atoms with Crippen LogP contribution >= 0.6 is 0 Å². The zero-order chi connectivity index (χ0) is 9.97. The number of nitrogens with zero attached hydrogens (tertiary/aromatic N) is 2. The highest BCUT2D eigenvalue weighted by molar-refractivity contribution is 5.86. The van der Waals surface area contributed by atoms with Crippen LogP contribution < -0.4 is 0 Å². The quantitative estimate of drug-likeness (QED) is 0.715. The van der Waals surface area contributed by atoms with Crippen LogP contribution in [0.2, 0.25) is 0 Å². The fourth-order valence-corrected chi connectivity index (χ4v) is 1.77. The average Bonchev–Trinajstić information content (AvgIpc) is 2.67. The van der Waals surface area contributed by atoms with E-state index in [0.717, 1.165) is 18.8 Å². The van der Waals surface area contributed by atoms with Crippen molar-refractivity contribution in [1.82, 2.24) is 9.55 Å². The Hall–Kier alpha value is -1.38. The van der Waals surface area contributed by atoms with Crippen LogP contribution in [0.3, 0.4) is 0 Å². The molecule has 0 N–H and O–H groups in total. The van der Waals surface area contributed by atoms with E-state index < -0.39 is 0 Å². The maximum absolute atomic E-state index is 11.1. The van der Waals surface area contributed by atoms with Crippen LogP contribution in [0.4, 0.5) is 0 Å². The second kappa shape index (κ2) is 3.78. The first kappa shape index (κ1) is 9.19. The SMILES string of the molecule is CCn1ccnc1C1=CCC(=O)CC1. The Bertz CT molecular complexity index is 376. The number of imidazole rings is 1. The normalized spacial score (nSPS) is 16.9. The first-order chi connectivity index (χ1) is 6.81. The Kier molecular flexibility index (Phi) is 2.48. The zero-order valence-corrected chi connectivity index (χ0v) is 8.36. The number of Topliss-reactive ketones (excluding diaryl/α,β-unsaturated/α-hetero) is 1. The van der Waals surface area contributed by atoms with Crippen molar-refractivity contribution in [2.75, 3.05) is 0 Å². The van der Waals surface area contributed by atoms with Gasteiger partial charge in [0.25, 0.3) is 0 Å². The smallest absolute Gasteiger partial charge is 0.137 e. The first-order valence-electron chi connectivity index (χ1n) is 5.03. The molecule has 14 heavy (non-hydrogen) atoms. The van der Waals surface area contributed by atoms with Gasteiger partial charge in [-0.05, 0) is 18.9 Å². The number of carbonyl (C=O) groups excluding carboxylic acids is 1. The standard InChI is InChI=1S/C11H14N2O/c1-2-13-8-7-12-11(13)9-3-5-10(14)6-4-9/h3,7-8H,2,4-6H2,1H3. The Morgan fingerprint density at radius 2 is 2.36 bits per heavy atom. The maximum atomic E-state index is 11.1. The number of aryl methyl sites for hydroxylation is 1. The summed E-state index contributed by atoms with van der Waals surface area (Å²) in [6, 6.07) is 0. The van der Waals surface area contributed by atoms with Gasteiger partial charge >= 0.3 is 0 Å². The number of ketones is 1. The van der Waals surface area contributed by atoms with E-state index in [0.29, 0.717) is 18.6 Å². The molecule has 1 aliphatic rings. The van der Waals surface area contributed by atoms with Crippen molar-refractivity contribution in [2.24, 2.45) is 0 Å². The molecule has 0 amide bonds. The average molecular weight is 190 g/mol. The van der Waals surface area contributed by atoms with Gasteiger partial charge in [0.1, 0.15) is 11.6 Å². The maximum Gasteiger partial charge on any atom is 0.137 e. The molecule has 2 rings (SSSR count). The van der Waals surface area contributed by atoms with Crippen LogP contribution in [0.15, 0.2) is 18.5 Å². The summed E-state index contributed by atoms with van der Waals surface area (Å²) in [5, 5.41) is 0. The van der Waals surface area contributed by atoms with Crippen molar-refractivity contribution in [2.45, 2.75) is 32.7 Å². The Labute approximate surface area is 83.5 Å². The van der Waals surface area contributed by atoms with Crippen molar-refractivity contribution >= 4 is 11.4 Å². The molecule has 1 aromatic heterocycles. The van der Waals surface area contributed by atoms with E-state index >= 15 is 0 Å². The minimum absolute atomic E-state index is 0.336. The molecule has 0 unspecified atom stereocenters. The molecule has 0 aromatic carbocycles. The summed E-state index contributed by atoms with van der Waals surface area (Å²) in [6.07, 6.45) is 7.90. The second-order valence-electron chi connectivity index (χ2n) is 3.51. The number of hydrogen-bond donors (Lipinski definition) is 0. The topological polar surface area (TPSA) is 34.9 Å². The van der Waals surface area contributed by atoms with Crippen LogP contribution in [0.5, 0.6) is 0 Å². The van der Waals surface area contributed by atoms with E-state index in [1.54, 1.807) is 0 Å². The molecule has 1 aromatic rings. The van der Waals surface area contributed by atoms with Crippen molar-refractivity contribution in [1.29, 1.82) is 0 Å². The Morgan fingerprint density at radius 1 is 1.50 bits per heavy atom. The number of rotatable bonds is 2. The zero-order valence-electron chi connectivity index (χ0n) is 8.36. The van der Waals surface area contributed by atoms with Gasteiger partial charge in [-0.15, -0.1) is 0 Å². The molecule has 0 atom stereocenters. The molecule has 3 heteroatoms. The molecule has 0 saturated carbocycles. The van der Waals surface area contributed by atoms with Crippen molar-refractivity contribution in [3.05, 3.63) is 24.3 Å². The highest BCUT2D eigenvalue weighted by Crippen LogP contribution is 2.23. The van der Waals surface area contributed by atoms with Crippen molar-refractivity contribution in [3.8, 4) is 0 Å². The molecule has 1 heterocycles. The second-order valence-corrected chi connectivity index (χ2v) is 3.51. The van der Waals surface area contributed by atoms with E-state index in [-0.39, 0.29) is 0 Å². The number of aromatic nitrogens is 2. The van der Waals surface area contributed by atoms with Crippen LogP contribution in [0.25, 0.3) is 5.57 Å². The predicted molar refractivity (Wildman–Crippen MR) is 54.7 cm³/mol. The van der Waals surface area contributed by atoms with Gasteiger partial charge in [-0.1, -0.05) is 6.08 Å². The predicted octanol–water partition coefficient (Wildman–Crippen LogP) is 2.04. The van der Waals surface area contributed by atoms with Gasteiger partial charge in [0.05, 0.1) is 0 Å². The molecule has 0 bridgehead atoms. The van der Waals surface area contributed by atoms with E-state index in [1.165, 1.54) is 5.57 Å². The van der Waals surface area contributed by atoms with Crippen LogP contribution in [-0.2, 0) is 11.3 Å². The molecule has 0 spiro atoms. The van der Waals surface area contributed by atoms with E-state index in [1.807, 2.05) is 18.5 Å². The summed E-state index contributed by atoms with van der Waals surface area (Å²) in [4.78, 5) is 15.4. The lowest BCUT2D eigenvalue weighted by Gasteiger charge is -2.12. The molecule has 74 valence electrons. The summed E-state index contributed by atoms with van der Waals surface area (Å²) in [6.45, 7) is 3.03. The van der Waals surface area contributed by atoms with Gasteiger partial charge in [0.2, 0.25) is 0 Å². The monoisotopic (exact) mass is 190 g/mol. The number of allylic oxidation sites excluding steroid dienone is 2. The van der Waals surface area contributed by atoms with Gasteiger partial charge in [0, 0.05) is 31.8 Å². The largest absolute Gasteiger partial charge is 0.332 e. The molecule has 0 aliphatic heterocycles. The highest BCUT2D eigenvalue weighted by Gasteiger charge is 2.14. The van der Waals surface area contributed by atoms with E-state index in [2.05, 4.69) is 16.5 Å². The van der Waals surface area contributed by atoms with Gasteiger partial charge < -0.3 is 4.57 Å². The van der Waals surface area contributed by atoms with Gasteiger partial charge in [-0.2, -0.15) is 0 Å². The summed E-state index contributed by atoms with van der Waals surface area (Å²) >= 11 is 0. The molecular weight excluding hydrogens is 176 g/mol. The molecule has 3 nitrogen and oxygen atoms in total. The number of hydrogen-bond acceptors (Lipinski definition) is 2. The summed E-state index contributed by atoms with van der Waals surface area (Å²) in [5.74, 6) is 1.36. The lowest BCUT2D eigenvalue weighted by molar-refractivity contribution is -0.118. The lowest BCUT2D eigenvalue weighted by Crippen LogP contribution is -2.07. The molecule has 0 fully saturated rings. The summed E-state index contributed by atoms with van der Waals surface area (Å²) in [7, 11) is 0. The summed E-state index contributed by atoms with van der Waals surface area (Å²) in [5.41, 5.74) is 1.22. The van der Waals surface area contributed by atoms with Crippen molar-refractivity contribution < 1.29 is 4.79 Å². The van der Waals surface area contributed by atoms with Crippen molar-refractivity contribution in [3.63, 3.8) is 0 Å². The third-order valence-electron chi connectivity index (χ3n) is 2.59. The summed E-state index contributed by atoms with van der Waals surface area (Å²) < 4.78 is 2.11. The third kappa shape index (κ3) is 1.62. The Balaban J connectivity index is 2.27. The number of carbonyl (C=O) groups is 1. The van der Waals surface area contributed by atoms with E-state index in [4.69, 9.17) is 0 Å². The minimum atomic E-state index is 0.336. The van der Waals surface area contributed by atoms with E-state index in [9.17, 15) is 4.79 Å². The van der Waals surface area contributed by atoms with Gasteiger partial charge in [-0.25, -0.2) is 4.98 Å². The fourth-order valence-electron chi connectivity index (χ4n) is 1.77. The first-order valence-corrected chi connectivity index (χ1v) is 5.03. The van der Waals surface area contributed by atoms with Gasteiger partial charge in [0.15, 0.2) is 0 Å². The molecule has 0 radical (unpaired) electrons. The van der Waals surface area contributed by atoms with Crippen LogP contribution in [-0.4, -0.2) is 15.3 Å². The van der Waals surface area contributed by atoms with Crippen LogP contribution in [0, 0.1) is 0 Å².